The maximum Gasteiger partial charge on any atom is 0.264 e. The normalized spacial score (nSPS) is 16.6. The van der Waals surface area contributed by atoms with Crippen molar-refractivity contribution in [2.75, 3.05) is 11.9 Å². The van der Waals surface area contributed by atoms with E-state index in [1.54, 1.807) is 21.8 Å². The predicted octanol–water partition coefficient (Wildman–Crippen LogP) is 3.18. The average molecular weight is 366 g/mol. The molecular weight excluding hydrogens is 348 g/mol. The van der Waals surface area contributed by atoms with Crippen LogP contribution in [0.3, 0.4) is 0 Å². The molecule has 1 aliphatic rings. The second-order valence-corrected chi connectivity index (χ2v) is 7.07. The second kappa shape index (κ2) is 7.13. The van der Waals surface area contributed by atoms with Crippen molar-refractivity contribution >= 4 is 28.8 Å². The number of nitrogens with zero attached hydrogens (tertiary/aromatic N) is 3. The zero-order valence-electron chi connectivity index (χ0n) is 14.0. The van der Waals surface area contributed by atoms with Crippen molar-refractivity contribution in [3.8, 4) is 5.69 Å². The van der Waals surface area contributed by atoms with Crippen molar-refractivity contribution in [2.45, 2.75) is 18.9 Å². The minimum absolute atomic E-state index is 0.0667. The van der Waals surface area contributed by atoms with E-state index >= 15 is 0 Å². The van der Waals surface area contributed by atoms with Crippen LogP contribution in [0.25, 0.3) is 5.69 Å². The van der Waals surface area contributed by atoms with Crippen LogP contribution in [0.15, 0.2) is 60.2 Å². The monoisotopic (exact) mass is 366 g/mol. The SMILES string of the molecule is O=C(Nc1cccc(-n2cccn2)c1)C1CCCN1C(=O)c1cccs1. The van der Waals surface area contributed by atoms with E-state index in [1.165, 1.54) is 11.3 Å². The number of carbonyl (C=O) groups excluding carboxylic acids is 2. The van der Waals surface area contributed by atoms with Gasteiger partial charge < -0.3 is 10.2 Å². The summed E-state index contributed by atoms with van der Waals surface area (Å²) in [6.07, 6.45) is 5.07. The first kappa shape index (κ1) is 16.5. The van der Waals surface area contributed by atoms with Crippen molar-refractivity contribution in [3.63, 3.8) is 0 Å². The van der Waals surface area contributed by atoms with Gasteiger partial charge in [-0.25, -0.2) is 4.68 Å². The Kier molecular flexibility index (Phi) is 4.53. The summed E-state index contributed by atoms with van der Waals surface area (Å²) in [5.41, 5.74) is 1.56. The zero-order valence-corrected chi connectivity index (χ0v) is 14.9. The minimum Gasteiger partial charge on any atom is -0.326 e. The van der Waals surface area contributed by atoms with Gasteiger partial charge in [0.05, 0.1) is 10.6 Å². The minimum atomic E-state index is -0.432. The Morgan fingerprint density at radius 3 is 2.88 bits per heavy atom. The average Bonchev–Trinajstić information content (AvgIpc) is 3.44. The molecule has 1 saturated heterocycles. The maximum atomic E-state index is 12.8. The Hall–Kier alpha value is -2.93. The summed E-state index contributed by atoms with van der Waals surface area (Å²) in [5, 5.41) is 9.02. The number of hydrogen-bond acceptors (Lipinski definition) is 4. The van der Waals surface area contributed by atoms with Crippen LogP contribution in [0.5, 0.6) is 0 Å². The number of likely N-dealkylation sites (tertiary alicyclic amines) is 1. The molecule has 2 amide bonds. The van der Waals surface area contributed by atoms with Crippen molar-refractivity contribution < 1.29 is 9.59 Å². The Morgan fingerprint density at radius 1 is 1.19 bits per heavy atom. The third-order valence-corrected chi connectivity index (χ3v) is 5.29. The van der Waals surface area contributed by atoms with E-state index in [9.17, 15) is 9.59 Å². The van der Waals surface area contributed by atoms with Crippen LogP contribution in [-0.4, -0.2) is 39.1 Å². The van der Waals surface area contributed by atoms with Gasteiger partial charge in [0.15, 0.2) is 0 Å². The van der Waals surface area contributed by atoms with E-state index in [0.29, 0.717) is 23.5 Å². The van der Waals surface area contributed by atoms with Gasteiger partial charge in [-0.1, -0.05) is 12.1 Å². The lowest BCUT2D eigenvalue weighted by Gasteiger charge is -2.23. The molecule has 0 saturated carbocycles. The number of aromatic nitrogens is 2. The molecule has 1 aromatic carbocycles. The van der Waals surface area contributed by atoms with Gasteiger partial charge in [0, 0.05) is 24.6 Å². The van der Waals surface area contributed by atoms with Gasteiger partial charge in [0.2, 0.25) is 5.91 Å². The van der Waals surface area contributed by atoms with Crippen LogP contribution in [0.4, 0.5) is 5.69 Å². The number of hydrogen-bond donors (Lipinski definition) is 1. The largest absolute Gasteiger partial charge is 0.326 e. The van der Waals surface area contributed by atoms with Gasteiger partial charge in [0.1, 0.15) is 6.04 Å². The molecule has 132 valence electrons. The van der Waals surface area contributed by atoms with E-state index in [-0.39, 0.29) is 11.8 Å². The van der Waals surface area contributed by atoms with E-state index in [0.717, 1.165) is 12.1 Å². The molecule has 1 unspecified atom stereocenters. The summed E-state index contributed by atoms with van der Waals surface area (Å²) in [5.74, 6) is -0.215. The quantitative estimate of drug-likeness (QED) is 0.771. The number of rotatable bonds is 4. The summed E-state index contributed by atoms with van der Waals surface area (Å²) in [7, 11) is 0. The van der Waals surface area contributed by atoms with Crippen molar-refractivity contribution in [1.29, 1.82) is 0 Å². The molecule has 4 rings (SSSR count). The molecule has 26 heavy (non-hydrogen) atoms. The van der Waals surface area contributed by atoms with Crippen LogP contribution in [0, 0.1) is 0 Å². The molecule has 1 atom stereocenters. The van der Waals surface area contributed by atoms with Crippen LogP contribution in [0.2, 0.25) is 0 Å². The maximum absolute atomic E-state index is 12.8. The Balaban J connectivity index is 1.49. The first-order valence-corrected chi connectivity index (χ1v) is 9.36. The summed E-state index contributed by atoms with van der Waals surface area (Å²) >= 11 is 1.40. The van der Waals surface area contributed by atoms with Crippen LogP contribution in [-0.2, 0) is 4.79 Å². The molecule has 3 heterocycles. The standard InChI is InChI=1S/C19H18N4O2S/c24-18(16-7-2-10-22(16)19(25)17-8-3-12-26-17)21-14-5-1-6-15(13-14)23-11-4-9-20-23/h1,3-6,8-9,11-13,16H,2,7,10H2,(H,21,24). The van der Waals surface area contributed by atoms with Crippen LogP contribution in [0.1, 0.15) is 22.5 Å². The molecule has 0 radical (unpaired) electrons. The lowest BCUT2D eigenvalue weighted by atomic mass is 10.2. The van der Waals surface area contributed by atoms with E-state index in [2.05, 4.69) is 10.4 Å². The van der Waals surface area contributed by atoms with Crippen molar-refractivity contribution in [2.24, 2.45) is 0 Å². The lowest BCUT2D eigenvalue weighted by Crippen LogP contribution is -2.42. The fraction of sp³-hybridized carbons (Fsp3) is 0.211. The number of nitrogens with one attached hydrogen (secondary N) is 1. The van der Waals surface area contributed by atoms with E-state index in [1.807, 2.05) is 48.0 Å². The highest BCUT2D eigenvalue weighted by atomic mass is 32.1. The first-order chi connectivity index (χ1) is 12.7. The number of thiophene rings is 1. The number of carbonyl (C=O) groups is 2. The van der Waals surface area contributed by atoms with Gasteiger partial charge >= 0.3 is 0 Å². The number of anilines is 1. The molecule has 1 N–H and O–H groups in total. The van der Waals surface area contributed by atoms with Gasteiger partial charge in [-0.2, -0.15) is 5.10 Å². The summed E-state index contributed by atoms with van der Waals surface area (Å²) in [6.45, 7) is 0.613. The fourth-order valence-corrected chi connectivity index (χ4v) is 3.88. The molecule has 3 aromatic rings. The summed E-state index contributed by atoms with van der Waals surface area (Å²) < 4.78 is 1.73. The van der Waals surface area contributed by atoms with Gasteiger partial charge in [-0.15, -0.1) is 11.3 Å². The zero-order chi connectivity index (χ0) is 17.9. The van der Waals surface area contributed by atoms with Crippen LogP contribution >= 0.6 is 11.3 Å². The second-order valence-electron chi connectivity index (χ2n) is 6.12. The molecule has 0 aliphatic carbocycles. The van der Waals surface area contributed by atoms with Gasteiger partial charge in [-0.05, 0) is 48.6 Å². The third-order valence-electron chi connectivity index (χ3n) is 4.43. The third kappa shape index (κ3) is 3.25. The molecule has 1 fully saturated rings. The molecular formula is C19H18N4O2S. The molecule has 0 spiro atoms. The highest BCUT2D eigenvalue weighted by Crippen LogP contribution is 2.24. The van der Waals surface area contributed by atoms with Crippen molar-refractivity contribution in [3.05, 3.63) is 65.1 Å². The first-order valence-electron chi connectivity index (χ1n) is 8.48. The Bertz CT molecular complexity index is 906. The van der Waals surface area contributed by atoms with Crippen LogP contribution < -0.4 is 5.32 Å². The lowest BCUT2D eigenvalue weighted by molar-refractivity contribution is -0.119. The molecule has 2 aromatic heterocycles. The summed E-state index contributed by atoms with van der Waals surface area (Å²) in [4.78, 5) is 27.8. The van der Waals surface area contributed by atoms with Gasteiger partial charge in [-0.3, -0.25) is 9.59 Å². The molecule has 6 nitrogen and oxygen atoms in total. The molecule has 0 bridgehead atoms. The Labute approximate surface area is 155 Å². The molecule has 1 aliphatic heterocycles. The molecule has 7 heteroatoms. The number of amides is 2. The number of benzene rings is 1. The van der Waals surface area contributed by atoms with E-state index in [4.69, 9.17) is 0 Å². The smallest absolute Gasteiger partial charge is 0.264 e. The Morgan fingerprint density at radius 2 is 2.12 bits per heavy atom. The van der Waals surface area contributed by atoms with Gasteiger partial charge in [0.25, 0.3) is 5.91 Å². The highest BCUT2D eigenvalue weighted by Gasteiger charge is 2.34. The van der Waals surface area contributed by atoms with Crippen molar-refractivity contribution in [1.82, 2.24) is 14.7 Å². The summed E-state index contributed by atoms with van der Waals surface area (Å²) in [6, 6.07) is 12.6. The topological polar surface area (TPSA) is 67.2 Å². The fourth-order valence-electron chi connectivity index (χ4n) is 3.20. The highest BCUT2D eigenvalue weighted by molar-refractivity contribution is 7.12. The van der Waals surface area contributed by atoms with E-state index < -0.39 is 6.04 Å². The predicted molar refractivity (Wildman–Crippen MR) is 101 cm³/mol.